The molecule has 0 radical (unpaired) electrons. The van der Waals surface area contributed by atoms with Crippen molar-refractivity contribution in [2.24, 2.45) is 5.73 Å². The van der Waals surface area contributed by atoms with Crippen LogP contribution in [0.4, 0.5) is 0 Å². The number of para-hydroxylation sites is 1. The molecule has 3 rings (SSSR count). The van der Waals surface area contributed by atoms with Gasteiger partial charge in [-0.2, -0.15) is 11.8 Å². The van der Waals surface area contributed by atoms with Gasteiger partial charge >= 0.3 is 5.97 Å². The van der Waals surface area contributed by atoms with Crippen LogP contribution in [0.2, 0.25) is 0 Å². The van der Waals surface area contributed by atoms with Crippen LogP contribution in [-0.2, 0) is 25.6 Å². The number of hydrogen-bond acceptors (Lipinski definition) is 6. The summed E-state index contributed by atoms with van der Waals surface area (Å²) in [4.78, 5) is 54.6. The van der Waals surface area contributed by atoms with Gasteiger partial charge in [0.1, 0.15) is 18.1 Å². The van der Waals surface area contributed by atoms with Gasteiger partial charge in [0.2, 0.25) is 17.7 Å². The highest BCUT2D eigenvalue weighted by atomic mass is 32.2. The minimum Gasteiger partial charge on any atom is -0.480 e. The number of carboxylic acid groups (broad SMARTS) is 1. The fourth-order valence-electron chi connectivity index (χ4n) is 4.31. The lowest BCUT2D eigenvalue weighted by Gasteiger charge is -2.28. The number of carbonyl (C=O) groups excluding carboxylic acids is 3. The Bertz CT molecular complexity index is 1070. The fourth-order valence-corrected chi connectivity index (χ4v) is 4.78. The number of carbonyl (C=O) groups is 4. The van der Waals surface area contributed by atoms with Crippen LogP contribution < -0.4 is 16.4 Å². The Labute approximate surface area is 208 Å². The molecule has 1 fully saturated rings. The molecule has 1 aliphatic rings. The molecule has 4 unspecified atom stereocenters. The molecule has 1 aromatic heterocycles. The lowest BCUT2D eigenvalue weighted by atomic mass is 10.0. The quantitative estimate of drug-likeness (QED) is 0.304. The van der Waals surface area contributed by atoms with Crippen molar-refractivity contribution in [3.63, 3.8) is 0 Å². The summed E-state index contributed by atoms with van der Waals surface area (Å²) in [7, 11) is 0. The molecular formula is C24H33N5O5S. The summed E-state index contributed by atoms with van der Waals surface area (Å²) in [5, 5.41) is 15.4. The Kier molecular flexibility index (Phi) is 9.16. The molecule has 35 heavy (non-hydrogen) atoms. The second-order valence-electron chi connectivity index (χ2n) is 8.77. The Hall–Kier alpha value is -3.05. The molecule has 190 valence electrons. The third-order valence-electron chi connectivity index (χ3n) is 6.25. The van der Waals surface area contributed by atoms with Gasteiger partial charge in [0.25, 0.3) is 0 Å². The number of nitrogens with two attached hydrogens (primary N) is 1. The average Bonchev–Trinajstić information content (AvgIpc) is 3.48. The lowest BCUT2D eigenvalue weighted by molar-refractivity contribution is -0.143. The molecule has 6 N–H and O–H groups in total. The van der Waals surface area contributed by atoms with Crippen LogP contribution >= 0.6 is 11.8 Å². The van der Waals surface area contributed by atoms with E-state index in [0.717, 1.165) is 16.5 Å². The molecule has 1 aliphatic heterocycles. The van der Waals surface area contributed by atoms with Gasteiger partial charge in [-0.3, -0.25) is 14.4 Å². The van der Waals surface area contributed by atoms with Crippen LogP contribution in [0.3, 0.4) is 0 Å². The highest BCUT2D eigenvalue weighted by Crippen LogP contribution is 2.22. The summed E-state index contributed by atoms with van der Waals surface area (Å²) < 4.78 is 0. The first-order chi connectivity index (χ1) is 16.7. The molecule has 10 nitrogen and oxygen atoms in total. The van der Waals surface area contributed by atoms with Gasteiger partial charge in [-0.1, -0.05) is 18.2 Å². The van der Waals surface area contributed by atoms with E-state index >= 15 is 0 Å². The van der Waals surface area contributed by atoms with E-state index < -0.39 is 42.0 Å². The predicted molar refractivity (Wildman–Crippen MR) is 135 cm³/mol. The summed E-state index contributed by atoms with van der Waals surface area (Å²) in [5.41, 5.74) is 8.15. The van der Waals surface area contributed by atoms with Crippen LogP contribution in [-0.4, -0.2) is 81.4 Å². The van der Waals surface area contributed by atoms with Crippen LogP contribution in [0.1, 0.15) is 31.7 Å². The first kappa shape index (κ1) is 26.6. The van der Waals surface area contributed by atoms with Crippen LogP contribution in [0.5, 0.6) is 0 Å². The van der Waals surface area contributed by atoms with E-state index in [2.05, 4.69) is 15.6 Å². The van der Waals surface area contributed by atoms with E-state index in [-0.39, 0.29) is 12.3 Å². The summed E-state index contributed by atoms with van der Waals surface area (Å²) >= 11 is 1.48. The molecule has 0 saturated carbocycles. The number of likely N-dealkylation sites (tertiary alicyclic amines) is 1. The number of thioether (sulfide) groups is 1. The van der Waals surface area contributed by atoms with Crippen LogP contribution in [0.15, 0.2) is 30.5 Å². The van der Waals surface area contributed by atoms with Crippen LogP contribution in [0, 0.1) is 0 Å². The summed E-state index contributed by atoms with van der Waals surface area (Å²) in [6.45, 7) is 1.90. The topological polar surface area (TPSA) is 158 Å². The van der Waals surface area contributed by atoms with Crippen molar-refractivity contribution in [3.05, 3.63) is 36.0 Å². The molecule has 4 atom stereocenters. The van der Waals surface area contributed by atoms with E-state index in [9.17, 15) is 24.3 Å². The van der Waals surface area contributed by atoms with Crippen molar-refractivity contribution in [1.82, 2.24) is 20.5 Å². The number of aliphatic carboxylic acids is 1. The molecule has 0 aliphatic carbocycles. The Morgan fingerprint density at radius 2 is 2.00 bits per heavy atom. The maximum atomic E-state index is 13.1. The maximum absolute atomic E-state index is 13.1. The first-order valence-corrected chi connectivity index (χ1v) is 13.1. The molecule has 1 saturated heterocycles. The molecule has 2 aromatic rings. The molecule has 2 heterocycles. The molecule has 0 bridgehead atoms. The maximum Gasteiger partial charge on any atom is 0.326 e. The number of nitrogens with one attached hydrogen (secondary N) is 3. The second kappa shape index (κ2) is 12.1. The van der Waals surface area contributed by atoms with Crippen molar-refractivity contribution >= 4 is 46.4 Å². The highest BCUT2D eigenvalue weighted by molar-refractivity contribution is 7.98. The number of rotatable bonds is 11. The number of carboxylic acids is 1. The molecule has 3 amide bonds. The van der Waals surface area contributed by atoms with E-state index in [1.807, 2.05) is 36.7 Å². The average molecular weight is 504 g/mol. The van der Waals surface area contributed by atoms with Gasteiger partial charge in [0, 0.05) is 23.6 Å². The number of H-pyrrole nitrogens is 1. The number of amides is 3. The zero-order valence-electron chi connectivity index (χ0n) is 20.0. The minimum atomic E-state index is -1.12. The van der Waals surface area contributed by atoms with E-state index in [0.29, 0.717) is 31.6 Å². The van der Waals surface area contributed by atoms with Crippen molar-refractivity contribution < 1.29 is 24.3 Å². The SMILES string of the molecule is CSCCC(NC(=O)C(C)NC(=O)C1CCCN1C(=O)C(N)Cc1c[nH]c2ccccc12)C(=O)O. The normalized spacial score (nSPS) is 18.1. The van der Waals surface area contributed by atoms with E-state index in [1.54, 1.807) is 0 Å². The van der Waals surface area contributed by atoms with Crippen molar-refractivity contribution in [2.45, 2.75) is 56.8 Å². The zero-order chi connectivity index (χ0) is 25.5. The predicted octanol–water partition coefficient (Wildman–Crippen LogP) is 0.856. The first-order valence-electron chi connectivity index (χ1n) is 11.7. The highest BCUT2D eigenvalue weighted by Gasteiger charge is 2.37. The Balaban J connectivity index is 1.58. The van der Waals surface area contributed by atoms with Crippen molar-refractivity contribution in [3.8, 4) is 0 Å². The van der Waals surface area contributed by atoms with Gasteiger partial charge < -0.3 is 31.4 Å². The smallest absolute Gasteiger partial charge is 0.326 e. The zero-order valence-corrected chi connectivity index (χ0v) is 20.8. The van der Waals surface area contributed by atoms with E-state index in [1.165, 1.54) is 23.6 Å². The molecule has 1 aromatic carbocycles. The van der Waals surface area contributed by atoms with Gasteiger partial charge in [-0.15, -0.1) is 0 Å². The molecule has 0 spiro atoms. The number of fused-ring (bicyclic) bond motifs is 1. The monoisotopic (exact) mass is 503 g/mol. The van der Waals surface area contributed by atoms with Gasteiger partial charge in [-0.05, 0) is 56.2 Å². The largest absolute Gasteiger partial charge is 0.480 e. The second-order valence-corrected chi connectivity index (χ2v) is 9.76. The van der Waals surface area contributed by atoms with Gasteiger partial charge in [0.05, 0.1) is 6.04 Å². The van der Waals surface area contributed by atoms with Crippen LogP contribution in [0.25, 0.3) is 10.9 Å². The Morgan fingerprint density at radius 1 is 1.26 bits per heavy atom. The van der Waals surface area contributed by atoms with E-state index in [4.69, 9.17) is 5.73 Å². The summed E-state index contributed by atoms with van der Waals surface area (Å²) in [5.74, 6) is -1.89. The summed E-state index contributed by atoms with van der Waals surface area (Å²) in [6.07, 6.45) is 5.43. The molecular weight excluding hydrogens is 470 g/mol. The van der Waals surface area contributed by atoms with Gasteiger partial charge in [0.15, 0.2) is 0 Å². The van der Waals surface area contributed by atoms with Crippen molar-refractivity contribution in [1.29, 1.82) is 0 Å². The number of aromatic nitrogens is 1. The third kappa shape index (κ3) is 6.55. The van der Waals surface area contributed by atoms with Crippen molar-refractivity contribution in [2.75, 3.05) is 18.6 Å². The number of hydrogen-bond donors (Lipinski definition) is 5. The minimum absolute atomic E-state index is 0.280. The number of aromatic amines is 1. The Morgan fingerprint density at radius 3 is 2.71 bits per heavy atom. The van der Waals surface area contributed by atoms with Gasteiger partial charge in [-0.25, -0.2) is 4.79 Å². The lowest BCUT2D eigenvalue weighted by Crippen LogP contribution is -2.56. The summed E-state index contributed by atoms with van der Waals surface area (Å²) in [6, 6.07) is 4.26. The number of nitrogens with zero attached hydrogens (tertiary/aromatic N) is 1. The third-order valence-corrected chi connectivity index (χ3v) is 6.89. The number of benzene rings is 1. The standard InChI is InChI=1S/C24H33N5O5S/c1-14(21(30)28-19(24(33)34)9-11-35-2)27-22(31)20-8-5-10-29(20)23(32)17(25)12-15-13-26-18-7-4-3-6-16(15)18/h3-4,6-7,13-14,17,19-20,26H,5,8-12,25H2,1-2H3,(H,27,31)(H,28,30)(H,33,34). The molecule has 11 heteroatoms. The fraction of sp³-hybridized carbons (Fsp3) is 0.500.